The third kappa shape index (κ3) is 2.96. The lowest BCUT2D eigenvalue weighted by atomic mass is 10.0. The van der Waals surface area contributed by atoms with E-state index in [9.17, 15) is 4.79 Å². The van der Waals surface area contributed by atoms with E-state index in [0.29, 0.717) is 5.82 Å². The molecule has 1 fully saturated rings. The monoisotopic (exact) mass is 244 g/mol. The minimum atomic E-state index is 0. The lowest BCUT2D eigenvalue weighted by Gasteiger charge is -2.25. The third-order valence-electron chi connectivity index (χ3n) is 2.50. The van der Waals surface area contributed by atoms with Gasteiger partial charge in [0.15, 0.2) is 5.82 Å². The SMILES string of the molecule is CCCn1ccc(NC(=O)C2CNC2)n1.Cl. The van der Waals surface area contributed by atoms with Crippen LogP contribution in [-0.2, 0) is 11.3 Å². The Morgan fingerprint density at radius 1 is 1.69 bits per heavy atom. The molecule has 1 amide bonds. The Labute approximate surface area is 101 Å². The minimum Gasteiger partial charge on any atom is -0.315 e. The average Bonchev–Trinajstić information content (AvgIpc) is 2.49. The number of carbonyl (C=O) groups excluding carboxylic acids is 1. The largest absolute Gasteiger partial charge is 0.315 e. The summed E-state index contributed by atoms with van der Waals surface area (Å²) in [7, 11) is 0. The molecule has 1 aliphatic heterocycles. The van der Waals surface area contributed by atoms with E-state index in [0.717, 1.165) is 26.1 Å². The first kappa shape index (κ1) is 13.0. The highest BCUT2D eigenvalue weighted by molar-refractivity contribution is 5.92. The zero-order valence-electron chi connectivity index (χ0n) is 9.27. The van der Waals surface area contributed by atoms with Gasteiger partial charge in [-0.05, 0) is 6.42 Å². The fourth-order valence-corrected chi connectivity index (χ4v) is 1.48. The Morgan fingerprint density at radius 2 is 2.44 bits per heavy atom. The van der Waals surface area contributed by atoms with E-state index in [-0.39, 0.29) is 24.2 Å². The van der Waals surface area contributed by atoms with Crippen molar-refractivity contribution in [2.24, 2.45) is 5.92 Å². The maximum Gasteiger partial charge on any atom is 0.231 e. The topological polar surface area (TPSA) is 59.0 Å². The van der Waals surface area contributed by atoms with Gasteiger partial charge in [-0.1, -0.05) is 6.92 Å². The van der Waals surface area contributed by atoms with Crippen molar-refractivity contribution in [3.63, 3.8) is 0 Å². The predicted octanol–water partition coefficient (Wildman–Crippen LogP) is 0.873. The Balaban J connectivity index is 0.00000128. The first-order chi connectivity index (χ1) is 7.29. The van der Waals surface area contributed by atoms with E-state index >= 15 is 0 Å². The van der Waals surface area contributed by atoms with Crippen LogP contribution in [0.25, 0.3) is 0 Å². The molecule has 16 heavy (non-hydrogen) atoms. The van der Waals surface area contributed by atoms with Gasteiger partial charge < -0.3 is 10.6 Å². The summed E-state index contributed by atoms with van der Waals surface area (Å²) in [6, 6.07) is 1.83. The number of nitrogens with zero attached hydrogens (tertiary/aromatic N) is 2. The van der Waals surface area contributed by atoms with Gasteiger partial charge in [0, 0.05) is 31.9 Å². The molecule has 1 aromatic rings. The fraction of sp³-hybridized carbons (Fsp3) is 0.600. The molecule has 1 saturated heterocycles. The molecule has 0 unspecified atom stereocenters. The number of halogens is 1. The molecule has 0 saturated carbocycles. The van der Waals surface area contributed by atoms with E-state index in [1.165, 1.54) is 0 Å². The minimum absolute atomic E-state index is 0. The predicted molar refractivity (Wildman–Crippen MR) is 64.8 cm³/mol. The molecule has 0 spiro atoms. The summed E-state index contributed by atoms with van der Waals surface area (Å²) in [5.41, 5.74) is 0. The maximum atomic E-state index is 11.6. The number of amides is 1. The van der Waals surface area contributed by atoms with Gasteiger partial charge in [-0.2, -0.15) is 5.10 Å². The summed E-state index contributed by atoms with van der Waals surface area (Å²) in [5, 5.41) is 10.1. The van der Waals surface area contributed by atoms with Crippen LogP contribution >= 0.6 is 12.4 Å². The summed E-state index contributed by atoms with van der Waals surface area (Å²) in [4.78, 5) is 11.6. The van der Waals surface area contributed by atoms with Crippen LogP contribution in [0.2, 0.25) is 0 Å². The normalized spacial score (nSPS) is 15.1. The Kier molecular flexibility index (Phi) is 4.76. The van der Waals surface area contributed by atoms with Gasteiger partial charge in [-0.15, -0.1) is 12.4 Å². The molecule has 2 heterocycles. The molecule has 0 aromatic carbocycles. The zero-order chi connectivity index (χ0) is 10.7. The highest BCUT2D eigenvalue weighted by atomic mass is 35.5. The van der Waals surface area contributed by atoms with E-state index in [2.05, 4.69) is 22.7 Å². The van der Waals surface area contributed by atoms with Gasteiger partial charge in [0.1, 0.15) is 0 Å². The van der Waals surface area contributed by atoms with Crippen molar-refractivity contribution >= 4 is 24.1 Å². The van der Waals surface area contributed by atoms with Crippen molar-refractivity contribution in [2.75, 3.05) is 18.4 Å². The zero-order valence-corrected chi connectivity index (χ0v) is 10.1. The maximum absolute atomic E-state index is 11.6. The van der Waals surface area contributed by atoms with Crippen molar-refractivity contribution in [1.82, 2.24) is 15.1 Å². The third-order valence-corrected chi connectivity index (χ3v) is 2.50. The number of rotatable bonds is 4. The van der Waals surface area contributed by atoms with Crippen LogP contribution in [0.3, 0.4) is 0 Å². The van der Waals surface area contributed by atoms with E-state index in [1.54, 1.807) is 0 Å². The number of aryl methyl sites for hydroxylation is 1. The molecule has 5 nitrogen and oxygen atoms in total. The van der Waals surface area contributed by atoms with Crippen molar-refractivity contribution < 1.29 is 4.79 Å². The van der Waals surface area contributed by atoms with E-state index in [1.807, 2.05) is 16.9 Å². The quantitative estimate of drug-likeness (QED) is 0.827. The van der Waals surface area contributed by atoms with Crippen LogP contribution < -0.4 is 10.6 Å². The molecule has 0 atom stereocenters. The number of hydrogen-bond acceptors (Lipinski definition) is 3. The second-order valence-corrected chi connectivity index (χ2v) is 3.81. The fourth-order valence-electron chi connectivity index (χ4n) is 1.48. The summed E-state index contributed by atoms with van der Waals surface area (Å²) in [6.45, 7) is 4.55. The molecular weight excluding hydrogens is 228 g/mol. The van der Waals surface area contributed by atoms with Crippen LogP contribution in [0.15, 0.2) is 12.3 Å². The second-order valence-electron chi connectivity index (χ2n) is 3.81. The van der Waals surface area contributed by atoms with Crippen molar-refractivity contribution in [3.8, 4) is 0 Å². The average molecular weight is 245 g/mol. The van der Waals surface area contributed by atoms with Crippen LogP contribution in [0.1, 0.15) is 13.3 Å². The van der Waals surface area contributed by atoms with Crippen LogP contribution in [0.4, 0.5) is 5.82 Å². The Hall–Kier alpha value is -1.07. The summed E-state index contributed by atoms with van der Waals surface area (Å²) in [5.74, 6) is 0.831. The van der Waals surface area contributed by atoms with Gasteiger partial charge in [-0.25, -0.2) is 0 Å². The number of anilines is 1. The standard InChI is InChI=1S/C10H16N4O.ClH/c1-2-4-14-5-3-9(13-14)12-10(15)8-6-11-7-8;/h3,5,8,11H,2,4,6-7H2,1H3,(H,12,13,15);1H. The highest BCUT2D eigenvalue weighted by Gasteiger charge is 2.25. The van der Waals surface area contributed by atoms with Gasteiger partial charge >= 0.3 is 0 Å². The van der Waals surface area contributed by atoms with Gasteiger partial charge in [0.05, 0.1) is 5.92 Å². The molecule has 0 aliphatic carbocycles. The smallest absolute Gasteiger partial charge is 0.231 e. The molecule has 90 valence electrons. The second kappa shape index (κ2) is 5.86. The molecule has 2 N–H and O–H groups in total. The molecule has 6 heteroatoms. The number of aromatic nitrogens is 2. The van der Waals surface area contributed by atoms with Crippen molar-refractivity contribution in [1.29, 1.82) is 0 Å². The first-order valence-electron chi connectivity index (χ1n) is 5.34. The molecular formula is C10H17ClN4O. The van der Waals surface area contributed by atoms with Gasteiger partial charge in [0.2, 0.25) is 5.91 Å². The number of hydrogen-bond donors (Lipinski definition) is 2. The number of nitrogens with one attached hydrogen (secondary N) is 2. The summed E-state index contributed by atoms with van der Waals surface area (Å²) in [6.07, 6.45) is 2.93. The van der Waals surface area contributed by atoms with Gasteiger partial charge in [0.25, 0.3) is 0 Å². The Morgan fingerprint density at radius 3 is 3.00 bits per heavy atom. The molecule has 0 radical (unpaired) electrons. The first-order valence-corrected chi connectivity index (χ1v) is 5.34. The van der Waals surface area contributed by atoms with Gasteiger partial charge in [-0.3, -0.25) is 9.48 Å². The highest BCUT2D eigenvalue weighted by Crippen LogP contribution is 2.08. The van der Waals surface area contributed by atoms with Crippen LogP contribution in [-0.4, -0.2) is 28.8 Å². The van der Waals surface area contributed by atoms with E-state index in [4.69, 9.17) is 0 Å². The molecule has 1 aliphatic rings. The lowest BCUT2D eigenvalue weighted by Crippen LogP contribution is -2.48. The summed E-state index contributed by atoms with van der Waals surface area (Å²) < 4.78 is 1.84. The summed E-state index contributed by atoms with van der Waals surface area (Å²) >= 11 is 0. The molecule has 2 rings (SSSR count). The Bertz CT molecular complexity index is 348. The van der Waals surface area contributed by atoms with Crippen LogP contribution in [0, 0.1) is 5.92 Å². The van der Waals surface area contributed by atoms with E-state index < -0.39 is 0 Å². The lowest BCUT2D eigenvalue weighted by molar-refractivity contribution is -0.121. The molecule has 0 bridgehead atoms. The molecule has 1 aromatic heterocycles. The van der Waals surface area contributed by atoms with Crippen molar-refractivity contribution in [2.45, 2.75) is 19.9 Å². The van der Waals surface area contributed by atoms with Crippen molar-refractivity contribution in [3.05, 3.63) is 12.3 Å². The number of carbonyl (C=O) groups is 1. The van der Waals surface area contributed by atoms with Crippen LogP contribution in [0.5, 0.6) is 0 Å².